The molecule has 2 aliphatic heterocycles. The van der Waals surface area contributed by atoms with E-state index in [1.807, 2.05) is 42.5 Å². The zero-order valence-corrected chi connectivity index (χ0v) is 22.5. The Bertz CT molecular complexity index is 1410. The second-order valence-electron chi connectivity index (χ2n) is 11.2. The van der Waals surface area contributed by atoms with Crippen molar-refractivity contribution in [1.82, 2.24) is 9.80 Å². The lowest BCUT2D eigenvalue weighted by atomic mass is 9.86. The summed E-state index contributed by atoms with van der Waals surface area (Å²) in [7, 11) is 3.49. The molecule has 0 aromatic heterocycles. The number of aliphatic hydroxyl groups is 1. The zero-order valence-electron chi connectivity index (χ0n) is 22.5. The van der Waals surface area contributed by atoms with Crippen molar-refractivity contribution in [2.75, 3.05) is 34.0 Å². The molecule has 7 heteroatoms. The van der Waals surface area contributed by atoms with Crippen LogP contribution in [0.25, 0.3) is 11.1 Å². The Morgan fingerprint density at radius 1 is 1.00 bits per heavy atom. The van der Waals surface area contributed by atoms with Crippen LogP contribution in [-0.2, 0) is 23.2 Å². The minimum atomic E-state index is -0.459. The van der Waals surface area contributed by atoms with Crippen LogP contribution in [0.4, 0.5) is 0 Å². The molecule has 39 heavy (non-hydrogen) atoms. The first-order valence-corrected chi connectivity index (χ1v) is 13.6. The number of aliphatic hydroxyl groups excluding tert-OH is 1. The van der Waals surface area contributed by atoms with Gasteiger partial charge in [0, 0.05) is 45.7 Å². The fraction of sp³-hybridized carbons (Fsp3) is 0.375. The Labute approximate surface area is 229 Å². The van der Waals surface area contributed by atoms with Crippen molar-refractivity contribution in [3.8, 4) is 22.6 Å². The van der Waals surface area contributed by atoms with Gasteiger partial charge in [0.25, 0.3) is 5.91 Å². The fourth-order valence-electron chi connectivity index (χ4n) is 5.79. The van der Waals surface area contributed by atoms with Crippen LogP contribution < -0.4 is 9.47 Å². The maximum Gasteiger partial charge on any atom is 0.253 e. The van der Waals surface area contributed by atoms with Crippen LogP contribution in [0.5, 0.6) is 11.5 Å². The third kappa shape index (κ3) is 5.04. The summed E-state index contributed by atoms with van der Waals surface area (Å²) in [5.74, 6) is 1.62. The molecule has 2 heterocycles. The largest absolute Gasteiger partial charge is 0.454 e. The van der Waals surface area contributed by atoms with Gasteiger partial charge in [-0.25, -0.2) is 0 Å². The Morgan fingerprint density at radius 3 is 2.46 bits per heavy atom. The topological polar surface area (TPSA) is 79.3 Å². The summed E-state index contributed by atoms with van der Waals surface area (Å²) in [6.07, 6.45) is 2.53. The number of amides is 1. The smallest absolute Gasteiger partial charge is 0.253 e. The highest BCUT2D eigenvalue weighted by molar-refractivity contribution is 5.95. The average Bonchev–Trinajstić information content (AvgIpc) is 3.45. The van der Waals surface area contributed by atoms with E-state index in [4.69, 9.17) is 9.47 Å². The highest BCUT2D eigenvalue weighted by Crippen LogP contribution is 2.51. The predicted molar refractivity (Wildman–Crippen MR) is 148 cm³/mol. The number of rotatable bonds is 8. The van der Waals surface area contributed by atoms with E-state index in [0.29, 0.717) is 24.3 Å². The van der Waals surface area contributed by atoms with Gasteiger partial charge in [0.2, 0.25) is 6.79 Å². The first-order valence-electron chi connectivity index (χ1n) is 13.6. The van der Waals surface area contributed by atoms with E-state index in [9.17, 15) is 14.7 Å². The number of Topliss-reactive ketones (excluding diaryl/α,β-unsaturated/α-hetero) is 1. The number of ketones is 1. The summed E-state index contributed by atoms with van der Waals surface area (Å²) in [5.41, 5.74) is 5.36. The van der Waals surface area contributed by atoms with E-state index in [1.54, 1.807) is 19.0 Å². The summed E-state index contributed by atoms with van der Waals surface area (Å²) in [5, 5.41) is 10.0. The quantitative estimate of drug-likeness (QED) is 0.474. The van der Waals surface area contributed by atoms with Gasteiger partial charge < -0.3 is 19.5 Å². The maximum absolute atomic E-state index is 13.7. The van der Waals surface area contributed by atoms with Crippen LogP contribution in [0, 0.1) is 0 Å². The van der Waals surface area contributed by atoms with E-state index in [1.165, 1.54) is 0 Å². The highest BCUT2D eigenvalue weighted by Gasteiger charge is 2.50. The van der Waals surface area contributed by atoms with Crippen LogP contribution in [0.15, 0.2) is 60.7 Å². The lowest BCUT2D eigenvalue weighted by Crippen LogP contribution is -2.23. The monoisotopic (exact) mass is 526 g/mol. The standard InChI is InChI=1S/C32H34N2O5/c1-33(2)31(37)23-7-5-22(6-8-23)27-15-21(3-4-24(27)18-34-14-11-26(35)19-34)16-30(36)32(12-13-32)25-9-10-28-29(17-25)39-20-38-28/h3-10,15,17,26,35H,11-14,16,18-20H2,1-2H3/t26-/m1/s1. The molecule has 1 atom stereocenters. The molecule has 7 nitrogen and oxygen atoms in total. The average molecular weight is 527 g/mol. The molecular weight excluding hydrogens is 492 g/mol. The SMILES string of the molecule is CN(C)C(=O)c1ccc(-c2cc(CC(=O)C3(c4ccc5c(c4)OCO5)CC3)ccc2CN2CC[C@@H](O)C2)cc1. The lowest BCUT2D eigenvalue weighted by Gasteiger charge is -2.20. The minimum absolute atomic E-state index is 0.0366. The van der Waals surface area contributed by atoms with Crippen LogP contribution in [0.3, 0.4) is 0 Å². The third-order valence-electron chi connectivity index (χ3n) is 8.24. The van der Waals surface area contributed by atoms with Crippen molar-refractivity contribution in [2.24, 2.45) is 0 Å². The molecule has 6 rings (SSSR count). The summed E-state index contributed by atoms with van der Waals surface area (Å²) in [4.78, 5) is 29.9. The summed E-state index contributed by atoms with van der Waals surface area (Å²) in [6.45, 7) is 2.46. The Balaban J connectivity index is 1.28. The number of carbonyl (C=O) groups excluding carboxylic acids is 2. The Hall–Kier alpha value is -3.68. The van der Waals surface area contributed by atoms with Crippen molar-refractivity contribution in [2.45, 2.75) is 43.7 Å². The van der Waals surface area contributed by atoms with Crippen LogP contribution in [0.1, 0.15) is 46.3 Å². The van der Waals surface area contributed by atoms with Crippen molar-refractivity contribution in [1.29, 1.82) is 0 Å². The van der Waals surface area contributed by atoms with Crippen molar-refractivity contribution < 1.29 is 24.2 Å². The third-order valence-corrected chi connectivity index (χ3v) is 8.24. The molecule has 0 spiro atoms. The first kappa shape index (κ1) is 25.6. The molecule has 1 aliphatic carbocycles. The zero-order chi connectivity index (χ0) is 27.1. The van der Waals surface area contributed by atoms with Crippen LogP contribution >= 0.6 is 0 Å². The summed E-state index contributed by atoms with van der Waals surface area (Å²) >= 11 is 0. The number of fused-ring (bicyclic) bond motifs is 1. The number of hydrogen-bond donors (Lipinski definition) is 1. The second kappa shape index (κ2) is 10.1. The van der Waals surface area contributed by atoms with Gasteiger partial charge in [-0.3, -0.25) is 14.5 Å². The second-order valence-corrected chi connectivity index (χ2v) is 11.2. The Kier molecular flexibility index (Phi) is 6.65. The molecule has 0 bridgehead atoms. The van der Waals surface area contributed by atoms with Gasteiger partial charge in [0.05, 0.1) is 11.5 Å². The molecule has 1 saturated heterocycles. The van der Waals surface area contributed by atoms with Gasteiger partial charge in [-0.05, 0) is 71.3 Å². The van der Waals surface area contributed by atoms with E-state index < -0.39 is 5.41 Å². The maximum atomic E-state index is 13.7. The molecule has 0 unspecified atom stereocenters. The van der Waals surface area contributed by atoms with Gasteiger partial charge in [-0.15, -0.1) is 0 Å². The fourth-order valence-corrected chi connectivity index (χ4v) is 5.79. The molecule has 1 saturated carbocycles. The van der Waals surface area contributed by atoms with Gasteiger partial charge >= 0.3 is 0 Å². The van der Waals surface area contributed by atoms with Gasteiger partial charge in [-0.2, -0.15) is 0 Å². The van der Waals surface area contributed by atoms with E-state index >= 15 is 0 Å². The van der Waals surface area contributed by atoms with E-state index in [-0.39, 0.29) is 24.6 Å². The molecule has 2 fully saturated rings. The number of nitrogens with zero attached hydrogens (tertiary/aromatic N) is 2. The number of hydrogen-bond acceptors (Lipinski definition) is 6. The lowest BCUT2D eigenvalue weighted by molar-refractivity contribution is -0.120. The van der Waals surface area contributed by atoms with Crippen molar-refractivity contribution in [3.63, 3.8) is 0 Å². The summed E-state index contributed by atoms with van der Waals surface area (Å²) in [6, 6.07) is 19.8. The number of β-amino-alcohol motifs (C(OH)–C–C–N with tert-alkyl or cyclic N) is 1. The van der Waals surface area contributed by atoms with Crippen LogP contribution in [0.2, 0.25) is 0 Å². The van der Waals surface area contributed by atoms with Crippen LogP contribution in [-0.4, -0.2) is 66.7 Å². The number of carbonyl (C=O) groups is 2. The minimum Gasteiger partial charge on any atom is -0.454 e. The first-order chi connectivity index (χ1) is 18.8. The molecule has 3 aromatic carbocycles. The molecule has 202 valence electrons. The molecule has 0 radical (unpaired) electrons. The predicted octanol–water partition coefficient (Wildman–Crippen LogP) is 4.19. The van der Waals surface area contributed by atoms with Gasteiger partial charge in [0.1, 0.15) is 5.78 Å². The molecule has 3 aromatic rings. The Morgan fingerprint density at radius 2 is 1.77 bits per heavy atom. The molecule has 1 N–H and O–H groups in total. The number of ether oxygens (including phenoxy) is 2. The van der Waals surface area contributed by atoms with E-state index in [0.717, 1.165) is 65.9 Å². The highest BCUT2D eigenvalue weighted by atomic mass is 16.7. The summed E-state index contributed by atoms with van der Waals surface area (Å²) < 4.78 is 11.0. The number of benzene rings is 3. The van der Waals surface area contributed by atoms with Crippen molar-refractivity contribution in [3.05, 3.63) is 82.9 Å². The molecule has 1 amide bonds. The molecular formula is C32H34N2O5. The number of likely N-dealkylation sites (tertiary alicyclic amines) is 1. The van der Waals surface area contributed by atoms with Gasteiger partial charge in [0.15, 0.2) is 11.5 Å². The van der Waals surface area contributed by atoms with E-state index in [2.05, 4.69) is 23.1 Å². The molecule has 3 aliphatic rings. The van der Waals surface area contributed by atoms with Gasteiger partial charge in [-0.1, -0.05) is 36.4 Å². The normalized spacial score (nSPS) is 19.2. The van der Waals surface area contributed by atoms with Crippen molar-refractivity contribution >= 4 is 11.7 Å².